The van der Waals surface area contributed by atoms with E-state index >= 15 is 0 Å². The minimum absolute atomic E-state index is 0.0240. The molecule has 15 heavy (non-hydrogen) atoms. The van der Waals surface area contributed by atoms with Crippen LogP contribution in [0.4, 0.5) is 18.0 Å². The summed E-state index contributed by atoms with van der Waals surface area (Å²) in [5.74, 6) is 0. The smallest absolute Gasteiger partial charge is 0.407 e. The lowest BCUT2D eigenvalue weighted by atomic mass is 10.2. The van der Waals surface area contributed by atoms with Crippen molar-refractivity contribution in [2.75, 3.05) is 19.8 Å². The molecule has 0 fully saturated rings. The number of aliphatic hydroxyl groups is 1. The average Bonchev–Trinajstić information content (AvgIpc) is 2.12. The monoisotopic (exact) mass is 229 g/mol. The maximum Gasteiger partial charge on any atom is 0.407 e. The number of halogens is 3. The van der Waals surface area contributed by atoms with Crippen molar-refractivity contribution in [1.29, 1.82) is 0 Å². The Morgan fingerprint density at radius 1 is 1.33 bits per heavy atom. The SMILES string of the molecule is O=C(NCCCCC(F)(F)F)OCCO. The molecule has 0 atom stereocenters. The van der Waals surface area contributed by atoms with Gasteiger partial charge < -0.3 is 15.2 Å². The molecule has 0 aromatic rings. The summed E-state index contributed by atoms with van der Waals surface area (Å²) in [4.78, 5) is 10.7. The van der Waals surface area contributed by atoms with E-state index in [9.17, 15) is 18.0 Å². The molecule has 0 aromatic heterocycles. The van der Waals surface area contributed by atoms with Crippen molar-refractivity contribution in [3.05, 3.63) is 0 Å². The third-order valence-corrected chi connectivity index (χ3v) is 1.48. The van der Waals surface area contributed by atoms with Crippen LogP contribution >= 0.6 is 0 Å². The molecule has 0 radical (unpaired) electrons. The van der Waals surface area contributed by atoms with Gasteiger partial charge in [0, 0.05) is 13.0 Å². The van der Waals surface area contributed by atoms with Gasteiger partial charge in [-0.2, -0.15) is 13.2 Å². The number of carbonyl (C=O) groups is 1. The molecule has 1 amide bonds. The Kier molecular flexibility index (Phi) is 6.85. The number of alkyl halides is 3. The summed E-state index contributed by atoms with van der Waals surface area (Å²) in [5.41, 5.74) is 0. The Labute approximate surface area is 85.4 Å². The summed E-state index contributed by atoms with van der Waals surface area (Å²) in [7, 11) is 0. The summed E-state index contributed by atoms with van der Waals surface area (Å²) in [6.07, 6.45) is -5.49. The number of carbonyl (C=O) groups excluding carboxylic acids is 1. The number of rotatable bonds is 6. The second-order valence-corrected chi connectivity index (χ2v) is 2.86. The van der Waals surface area contributed by atoms with Gasteiger partial charge in [0.1, 0.15) is 6.61 Å². The van der Waals surface area contributed by atoms with E-state index in [1.54, 1.807) is 0 Å². The van der Waals surface area contributed by atoms with Crippen LogP contribution in [0.1, 0.15) is 19.3 Å². The average molecular weight is 229 g/mol. The van der Waals surface area contributed by atoms with Gasteiger partial charge in [-0.1, -0.05) is 0 Å². The molecule has 2 N–H and O–H groups in total. The lowest BCUT2D eigenvalue weighted by Crippen LogP contribution is -2.26. The lowest BCUT2D eigenvalue weighted by Gasteiger charge is -2.07. The summed E-state index contributed by atoms with van der Waals surface area (Å²) >= 11 is 0. The zero-order valence-corrected chi connectivity index (χ0v) is 8.14. The first-order valence-electron chi connectivity index (χ1n) is 4.54. The summed E-state index contributed by atoms with van der Waals surface area (Å²) in [6, 6.07) is 0. The van der Waals surface area contributed by atoms with Crippen molar-refractivity contribution in [3.8, 4) is 0 Å². The van der Waals surface area contributed by atoms with Crippen LogP contribution in [-0.2, 0) is 4.74 Å². The van der Waals surface area contributed by atoms with E-state index < -0.39 is 18.7 Å². The Hall–Kier alpha value is -0.980. The lowest BCUT2D eigenvalue weighted by molar-refractivity contribution is -0.135. The largest absolute Gasteiger partial charge is 0.447 e. The Morgan fingerprint density at radius 3 is 2.53 bits per heavy atom. The van der Waals surface area contributed by atoms with Gasteiger partial charge in [-0.15, -0.1) is 0 Å². The molecule has 0 unspecified atom stereocenters. The number of hydrogen-bond donors (Lipinski definition) is 2. The van der Waals surface area contributed by atoms with Crippen molar-refractivity contribution >= 4 is 6.09 Å². The highest BCUT2D eigenvalue weighted by Crippen LogP contribution is 2.21. The third kappa shape index (κ3) is 10.9. The Bertz CT molecular complexity index is 184. The van der Waals surface area contributed by atoms with E-state index in [0.29, 0.717) is 0 Å². The molecular formula is C8H14F3NO3. The van der Waals surface area contributed by atoms with Crippen LogP contribution in [0.25, 0.3) is 0 Å². The van der Waals surface area contributed by atoms with Gasteiger partial charge in [0.05, 0.1) is 6.61 Å². The highest BCUT2D eigenvalue weighted by molar-refractivity contribution is 5.66. The molecule has 0 aliphatic heterocycles. The molecule has 4 nitrogen and oxygen atoms in total. The van der Waals surface area contributed by atoms with Crippen molar-refractivity contribution in [3.63, 3.8) is 0 Å². The van der Waals surface area contributed by atoms with E-state index in [1.807, 2.05) is 0 Å². The molecule has 0 saturated heterocycles. The second-order valence-electron chi connectivity index (χ2n) is 2.86. The van der Waals surface area contributed by atoms with Crippen molar-refractivity contribution in [1.82, 2.24) is 5.32 Å². The fourth-order valence-corrected chi connectivity index (χ4v) is 0.830. The van der Waals surface area contributed by atoms with Crippen molar-refractivity contribution < 1.29 is 27.8 Å². The first-order chi connectivity index (χ1) is 6.95. The minimum Gasteiger partial charge on any atom is -0.447 e. The van der Waals surface area contributed by atoms with Gasteiger partial charge in [0.2, 0.25) is 0 Å². The molecular weight excluding hydrogens is 215 g/mol. The fourth-order valence-electron chi connectivity index (χ4n) is 0.830. The Morgan fingerprint density at radius 2 is 2.00 bits per heavy atom. The molecule has 0 aromatic carbocycles. The second kappa shape index (κ2) is 7.33. The first kappa shape index (κ1) is 14.0. The van der Waals surface area contributed by atoms with Gasteiger partial charge in [-0.25, -0.2) is 4.79 Å². The van der Waals surface area contributed by atoms with E-state index in [1.165, 1.54) is 0 Å². The van der Waals surface area contributed by atoms with Crippen LogP contribution in [0.2, 0.25) is 0 Å². The van der Waals surface area contributed by atoms with Crippen LogP contribution in [0.5, 0.6) is 0 Å². The molecule has 0 bridgehead atoms. The molecule has 0 rings (SSSR count). The molecule has 7 heteroatoms. The number of ether oxygens (including phenoxy) is 1. The number of alkyl carbamates (subject to hydrolysis) is 1. The van der Waals surface area contributed by atoms with Gasteiger partial charge in [-0.05, 0) is 12.8 Å². The standard InChI is InChI=1S/C8H14F3NO3/c9-8(10,11)3-1-2-4-12-7(14)15-6-5-13/h13H,1-6H2,(H,12,14). The van der Waals surface area contributed by atoms with E-state index in [0.717, 1.165) is 0 Å². The minimum atomic E-state index is -4.14. The van der Waals surface area contributed by atoms with Crippen LogP contribution in [-0.4, -0.2) is 37.1 Å². The van der Waals surface area contributed by atoms with Crippen LogP contribution in [0, 0.1) is 0 Å². The first-order valence-corrected chi connectivity index (χ1v) is 4.54. The van der Waals surface area contributed by atoms with Gasteiger partial charge in [0.25, 0.3) is 0 Å². The maximum atomic E-state index is 11.7. The van der Waals surface area contributed by atoms with E-state index in [2.05, 4.69) is 10.1 Å². The predicted molar refractivity (Wildman–Crippen MR) is 46.3 cm³/mol. The number of aliphatic hydroxyl groups excluding tert-OH is 1. The van der Waals surface area contributed by atoms with Gasteiger partial charge >= 0.3 is 12.3 Å². The number of unbranched alkanes of at least 4 members (excludes halogenated alkanes) is 1. The van der Waals surface area contributed by atoms with Crippen LogP contribution < -0.4 is 5.32 Å². The predicted octanol–water partition coefficient (Wildman–Crippen LogP) is 1.44. The van der Waals surface area contributed by atoms with Gasteiger partial charge in [-0.3, -0.25) is 0 Å². The number of nitrogens with one attached hydrogen (secondary N) is 1. The highest BCUT2D eigenvalue weighted by atomic mass is 19.4. The van der Waals surface area contributed by atoms with Crippen molar-refractivity contribution in [2.45, 2.75) is 25.4 Å². The number of amides is 1. The topological polar surface area (TPSA) is 58.6 Å². The zero-order chi connectivity index (χ0) is 11.7. The molecule has 0 aliphatic rings. The van der Waals surface area contributed by atoms with E-state index in [-0.39, 0.29) is 32.6 Å². The molecule has 0 aliphatic carbocycles. The summed E-state index contributed by atoms with van der Waals surface area (Å²) in [6.45, 7) is -0.254. The molecule has 0 spiro atoms. The summed E-state index contributed by atoms with van der Waals surface area (Å²) < 4.78 is 39.4. The third-order valence-electron chi connectivity index (χ3n) is 1.48. The normalized spacial score (nSPS) is 11.2. The maximum absolute atomic E-state index is 11.7. The molecule has 0 heterocycles. The highest BCUT2D eigenvalue weighted by Gasteiger charge is 2.25. The zero-order valence-electron chi connectivity index (χ0n) is 8.14. The Balaban J connectivity index is 3.27. The quantitative estimate of drug-likeness (QED) is 0.677. The molecule has 90 valence electrons. The van der Waals surface area contributed by atoms with Crippen molar-refractivity contribution in [2.24, 2.45) is 0 Å². The van der Waals surface area contributed by atoms with E-state index in [4.69, 9.17) is 5.11 Å². The number of hydrogen-bond acceptors (Lipinski definition) is 3. The van der Waals surface area contributed by atoms with Crippen LogP contribution in [0.3, 0.4) is 0 Å². The van der Waals surface area contributed by atoms with Gasteiger partial charge in [0.15, 0.2) is 0 Å². The summed E-state index contributed by atoms with van der Waals surface area (Å²) in [5, 5.41) is 10.5. The van der Waals surface area contributed by atoms with Crippen LogP contribution in [0.15, 0.2) is 0 Å². The fraction of sp³-hybridized carbons (Fsp3) is 0.875. The molecule has 0 saturated carbocycles.